The van der Waals surface area contributed by atoms with Gasteiger partial charge in [-0.1, -0.05) is 108 Å². The number of fused-ring (bicyclic) bond motifs is 1. The molecule has 6 rings (SSSR count). The minimum atomic E-state index is 1.13. The predicted molar refractivity (Wildman–Crippen MR) is 182 cm³/mol. The topological polar surface area (TPSA) is 6.48 Å². The summed E-state index contributed by atoms with van der Waals surface area (Å²) in [5.74, 6) is 0. The average molecular weight is 545 g/mol. The number of rotatable bonds is 7. The first kappa shape index (κ1) is 27.1. The lowest BCUT2D eigenvalue weighted by Gasteiger charge is -2.34. The van der Waals surface area contributed by atoms with E-state index in [9.17, 15) is 0 Å². The van der Waals surface area contributed by atoms with Crippen molar-refractivity contribution in [1.82, 2.24) is 0 Å². The predicted octanol–water partition coefficient (Wildman–Crippen LogP) is 11.7. The number of anilines is 6. The Morgan fingerprint density at radius 3 is 1.26 bits per heavy atom. The van der Waals surface area contributed by atoms with Crippen LogP contribution >= 0.6 is 0 Å². The van der Waals surface area contributed by atoms with Crippen LogP contribution in [0.4, 0.5) is 34.1 Å². The molecule has 0 bridgehead atoms. The number of benzene rings is 6. The Bertz CT molecular complexity index is 1840. The molecule has 0 N–H and O–H groups in total. The van der Waals surface area contributed by atoms with Crippen LogP contribution in [0, 0.1) is 20.8 Å². The fourth-order valence-corrected chi connectivity index (χ4v) is 5.80. The van der Waals surface area contributed by atoms with Crippen LogP contribution in [-0.4, -0.2) is 0 Å². The number of hydrogen-bond donors (Lipinski definition) is 0. The van der Waals surface area contributed by atoms with Crippen LogP contribution in [0.5, 0.6) is 0 Å². The van der Waals surface area contributed by atoms with E-state index in [1.165, 1.54) is 44.4 Å². The quantitative estimate of drug-likeness (QED) is 0.197. The van der Waals surface area contributed by atoms with Crippen molar-refractivity contribution < 1.29 is 0 Å². The van der Waals surface area contributed by atoms with E-state index < -0.39 is 0 Å². The van der Waals surface area contributed by atoms with Gasteiger partial charge in [-0.3, -0.25) is 0 Å². The van der Waals surface area contributed by atoms with E-state index >= 15 is 0 Å². The molecule has 2 heteroatoms. The van der Waals surface area contributed by atoms with Gasteiger partial charge in [0.15, 0.2) is 0 Å². The smallest absolute Gasteiger partial charge is 0.0616 e. The summed E-state index contributed by atoms with van der Waals surface area (Å²) in [5, 5.41) is 2.40. The summed E-state index contributed by atoms with van der Waals surface area (Å²) >= 11 is 0. The van der Waals surface area contributed by atoms with E-state index in [0.717, 1.165) is 22.7 Å². The third-order valence-corrected chi connectivity index (χ3v) is 7.85. The molecule has 2 nitrogen and oxygen atoms in total. The van der Waals surface area contributed by atoms with Gasteiger partial charge < -0.3 is 9.80 Å². The number of para-hydroxylation sites is 2. The van der Waals surface area contributed by atoms with Gasteiger partial charge in [0.2, 0.25) is 0 Å². The summed E-state index contributed by atoms with van der Waals surface area (Å²) < 4.78 is 0. The molecule has 0 aliphatic heterocycles. The molecule has 0 unspecified atom stereocenters. The summed E-state index contributed by atoms with van der Waals surface area (Å²) in [6.07, 6.45) is 4.42. The number of allylic oxidation sites excluding steroid dienone is 1. The largest absolute Gasteiger partial charge is 0.310 e. The third kappa shape index (κ3) is 5.08. The fourth-order valence-electron chi connectivity index (χ4n) is 5.80. The summed E-state index contributed by atoms with van der Waals surface area (Å²) in [7, 11) is 0. The molecule has 0 spiro atoms. The number of nitrogens with zero attached hydrogens (tertiary/aromatic N) is 2. The van der Waals surface area contributed by atoms with Gasteiger partial charge in [-0.25, -0.2) is 0 Å². The Morgan fingerprint density at radius 2 is 0.810 bits per heavy atom. The first-order chi connectivity index (χ1) is 20.6. The Morgan fingerprint density at radius 1 is 0.429 bits per heavy atom. The van der Waals surface area contributed by atoms with Gasteiger partial charge in [-0.2, -0.15) is 0 Å². The second-order valence-corrected chi connectivity index (χ2v) is 10.8. The van der Waals surface area contributed by atoms with Crippen molar-refractivity contribution in [2.24, 2.45) is 0 Å². The van der Waals surface area contributed by atoms with Crippen LogP contribution in [0.15, 0.2) is 140 Å². The second-order valence-electron chi connectivity index (χ2n) is 10.8. The van der Waals surface area contributed by atoms with Crippen molar-refractivity contribution >= 4 is 51.0 Å². The standard InChI is InChI=1S/C40H36N2/c1-5-14-36-31(4)39(41(32-15-8-6-9-16-32)34-25-21-29(2)22-26-34)37-19-12-13-20-38(37)40(36)42(33-17-10-7-11-18-33)35-27-23-30(3)24-28-35/h5-28H,1-4H3/b14-5-. The molecule has 206 valence electrons. The fraction of sp³-hybridized carbons (Fsp3) is 0.100. The minimum absolute atomic E-state index is 1.13. The van der Waals surface area contributed by atoms with Crippen molar-refractivity contribution in [3.63, 3.8) is 0 Å². The monoisotopic (exact) mass is 544 g/mol. The molecule has 0 fully saturated rings. The Balaban J connectivity index is 1.73. The molecule has 42 heavy (non-hydrogen) atoms. The van der Waals surface area contributed by atoms with Crippen molar-refractivity contribution in [2.75, 3.05) is 9.80 Å². The lowest BCUT2D eigenvalue weighted by molar-refractivity contribution is 1.23. The number of hydrogen-bond acceptors (Lipinski definition) is 2. The highest BCUT2D eigenvalue weighted by Gasteiger charge is 2.26. The minimum Gasteiger partial charge on any atom is -0.310 e. The van der Waals surface area contributed by atoms with E-state index in [4.69, 9.17) is 0 Å². The van der Waals surface area contributed by atoms with E-state index in [1.54, 1.807) is 0 Å². The molecule has 0 aliphatic carbocycles. The number of aryl methyl sites for hydroxylation is 2. The lowest BCUT2D eigenvalue weighted by atomic mass is 9.93. The van der Waals surface area contributed by atoms with Crippen LogP contribution in [-0.2, 0) is 0 Å². The van der Waals surface area contributed by atoms with Gasteiger partial charge in [0.05, 0.1) is 11.4 Å². The summed E-state index contributed by atoms with van der Waals surface area (Å²) in [6.45, 7) is 8.65. The normalized spacial score (nSPS) is 11.2. The van der Waals surface area contributed by atoms with Gasteiger partial charge >= 0.3 is 0 Å². The Labute approximate surface area is 249 Å². The maximum atomic E-state index is 2.41. The highest BCUT2D eigenvalue weighted by atomic mass is 15.2. The van der Waals surface area contributed by atoms with Crippen LogP contribution in [0.25, 0.3) is 16.8 Å². The van der Waals surface area contributed by atoms with Crippen LogP contribution in [0.2, 0.25) is 0 Å². The zero-order valence-electron chi connectivity index (χ0n) is 24.8. The second kappa shape index (κ2) is 11.8. The average Bonchev–Trinajstić information content (AvgIpc) is 3.03. The van der Waals surface area contributed by atoms with Gasteiger partial charge in [-0.15, -0.1) is 0 Å². The molecule has 0 radical (unpaired) electrons. The highest BCUT2D eigenvalue weighted by Crippen LogP contribution is 2.50. The molecule has 0 saturated heterocycles. The zero-order valence-corrected chi connectivity index (χ0v) is 24.8. The molecule has 0 aromatic heterocycles. The highest BCUT2D eigenvalue weighted by molar-refractivity contribution is 6.12. The molecule has 0 atom stereocenters. The van der Waals surface area contributed by atoms with E-state index in [1.807, 2.05) is 0 Å². The van der Waals surface area contributed by atoms with Gasteiger partial charge in [0, 0.05) is 39.1 Å². The summed E-state index contributed by atoms with van der Waals surface area (Å²) in [6, 6.07) is 47.9. The molecule has 6 aromatic rings. The maximum absolute atomic E-state index is 2.41. The first-order valence-corrected chi connectivity index (χ1v) is 14.6. The van der Waals surface area contributed by atoms with Crippen LogP contribution in [0.3, 0.4) is 0 Å². The van der Waals surface area contributed by atoms with Crippen molar-refractivity contribution in [2.45, 2.75) is 27.7 Å². The Kier molecular flexibility index (Phi) is 7.62. The van der Waals surface area contributed by atoms with Crippen molar-refractivity contribution in [3.05, 3.63) is 162 Å². The van der Waals surface area contributed by atoms with E-state index in [-0.39, 0.29) is 0 Å². The molecule has 0 amide bonds. The lowest BCUT2D eigenvalue weighted by Crippen LogP contribution is -2.16. The van der Waals surface area contributed by atoms with Gasteiger partial charge in [0.25, 0.3) is 0 Å². The van der Waals surface area contributed by atoms with E-state index in [2.05, 4.69) is 183 Å². The van der Waals surface area contributed by atoms with Crippen molar-refractivity contribution in [1.29, 1.82) is 0 Å². The maximum Gasteiger partial charge on any atom is 0.0616 e. The summed E-state index contributed by atoms with van der Waals surface area (Å²) in [4.78, 5) is 4.82. The molecular formula is C40H36N2. The molecule has 0 aliphatic rings. The van der Waals surface area contributed by atoms with E-state index in [0.29, 0.717) is 0 Å². The third-order valence-electron chi connectivity index (χ3n) is 7.85. The SMILES string of the molecule is C/C=C\c1c(C)c(N(c2ccccc2)c2ccc(C)cc2)c2ccccc2c1N(c1ccccc1)c1ccc(C)cc1. The molecule has 0 saturated carbocycles. The Hall–Kier alpha value is -5.08. The molecule has 6 aromatic carbocycles. The van der Waals surface area contributed by atoms with Crippen LogP contribution < -0.4 is 9.80 Å². The first-order valence-electron chi connectivity index (χ1n) is 14.6. The molecular weight excluding hydrogens is 508 g/mol. The van der Waals surface area contributed by atoms with Crippen LogP contribution in [0.1, 0.15) is 29.2 Å². The van der Waals surface area contributed by atoms with Crippen molar-refractivity contribution in [3.8, 4) is 0 Å². The van der Waals surface area contributed by atoms with Gasteiger partial charge in [0.1, 0.15) is 0 Å². The molecule has 0 heterocycles. The van der Waals surface area contributed by atoms with Gasteiger partial charge in [-0.05, 0) is 81.8 Å². The zero-order chi connectivity index (χ0) is 29.1. The summed E-state index contributed by atoms with van der Waals surface area (Å²) in [5.41, 5.74) is 11.8.